The smallest absolute Gasteiger partial charge is 0.416 e. The monoisotopic (exact) mass is 541 g/mol. The molecule has 1 aliphatic rings. The number of hydrogen-bond acceptors (Lipinski definition) is 3. The van der Waals surface area contributed by atoms with Crippen LogP contribution in [0.4, 0.5) is 44.3 Å². The second-order valence-electron chi connectivity index (χ2n) is 8.55. The third kappa shape index (κ3) is 6.19. The van der Waals surface area contributed by atoms with Crippen molar-refractivity contribution in [1.82, 2.24) is 4.90 Å². The van der Waals surface area contributed by atoms with Gasteiger partial charge >= 0.3 is 24.6 Å². The van der Waals surface area contributed by atoms with Gasteiger partial charge in [-0.1, -0.05) is 13.0 Å². The molecule has 3 rings (SSSR count). The topological polar surface area (TPSA) is 46.6 Å². The molecule has 2 atom stereocenters. The van der Waals surface area contributed by atoms with Crippen LogP contribution in [-0.4, -0.2) is 22.8 Å². The van der Waals surface area contributed by atoms with Crippen LogP contribution in [0.2, 0.25) is 0 Å². The summed E-state index contributed by atoms with van der Waals surface area (Å²) in [4.78, 5) is 25.9. The minimum atomic E-state index is -5.13. The van der Waals surface area contributed by atoms with E-state index in [2.05, 4.69) is 0 Å². The van der Waals surface area contributed by atoms with Gasteiger partial charge in [-0.25, -0.2) is 4.79 Å². The first kappa shape index (κ1) is 28.3. The maximum Gasteiger partial charge on any atom is 0.416 e. The highest BCUT2D eigenvalue weighted by molar-refractivity contribution is 5.97. The molecule has 2 aromatic carbocycles. The van der Waals surface area contributed by atoms with Crippen LogP contribution in [0.5, 0.6) is 0 Å². The zero-order valence-corrected chi connectivity index (χ0v) is 19.3. The molecule has 0 saturated carbocycles. The summed E-state index contributed by atoms with van der Waals surface area (Å²) in [6.45, 7) is 2.36. The number of benzene rings is 2. The summed E-state index contributed by atoms with van der Waals surface area (Å²) in [5.74, 6) is -0.490. The van der Waals surface area contributed by atoms with Crippen molar-refractivity contribution < 1.29 is 53.8 Å². The summed E-state index contributed by atoms with van der Waals surface area (Å²) in [6.07, 6.45) is -17.4. The lowest BCUT2D eigenvalue weighted by Gasteiger charge is -2.23. The fourth-order valence-corrected chi connectivity index (χ4v) is 4.02. The minimum Gasteiger partial charge on any atom is -0.439 e. The van der Waals surface area contributed by atoms with E-state index in [1.54, 1.807) is 6.92 Å². The Balaban J connectivity index is 2.02. The molecule has 0 aliphatic carbocycles. The highest BCUT2D eigenvalue weighted by Gasteiger charge is 2.43. The highest BCUT2D eigenvalue weighted by Crippen LogP contribution is 2.41. The van der Waals surface area contributed by atoms with E-state index in [1.807, 2.05) is 0 Å². The first-order valence-electron chi connectivity index (χ1n) is 10.9. The van der Waals surface area contributed by atoms with Crippen molar-refractivity contribution in [3.05, 3.63) is 69.8 Å². The molecule has 1 aliphatic heterocycles. The van der Waals surface area contributed by atoms with Crippen LogP contribution < -0.4 is 0 Å². The van der Waals surface area contributed by atoms with E-state index < -0.39 is 71.3 Å². The normalized spacial score (nSPS) is 18.8. The Morgan fingerprint density at radius 2 is 1.41 bits per heavy atom. The number of hydrogen-bond donors (Lipinski definition) is 0. The second-order valence-corrected chi connectivity index (χ2v) is 8.55. The Hall–Kier alpha value is -3.25. The van der Waals surface area contributed by atoms with Gasteiger partial charge in [0.2, 0.25) is 0 Å². The first-order valence-corrected chi connectivity index (χ1v) is 10.9. The van der Waals surface area contributed by atoms with Gasteiger partial charge < -0.3 is 4.74 Å². The van der Waals surface area contributed by atoms with Crippen LogP contribution in [0.1, 0.15) is 71.0 Å². The zero-order valence-electron chi connectivity index (χ0n) is 19.3. The summed E-state index contributed by atoms with van der Waals surface area (Å²) < 4.78 is 125. The number of alkyl halides is 9. The van der Waals surface area contributed by atoms with Gasteiger partial charge in [0, 0.05) is 12.0 Å². The van der Waals surface area contributed by atoms with E-state index in [-0.39, 0.29) is 23.6 Å². The molecule has 1 fully saturated rings. The SMILES string of the molecule is CCCC(=O)c1ccc(C(F)(F)F)cc1CN1C(=O)O[C@H](c2cc(C(F)(F)F)cc(C(F)(F)F)c2)[C@H]1C. The van der Waals surface area contributed by atoms with Gasteiger partial charge in [0.05, 0.1) is 29.3 Å². The molecule has 1 amide bonds. The number of ketones is 1. The van der Waals surface area contributed by atoms with E-state index in [0.717, 1.165) is 11.0 Å². The minimum absolute atomic E-state index is 0.00540. The molecule has 1 saturated heterocycles. The fraction of sp³-hybridized carbons (Fsp3) is 0.417. The number of carbonyl (C=O) groups excluding carboxylic acids is 2. The molecule has 37 heavy (non-hydrogen) atoms. The molecule has 0 unspecified atom stereocenters. The highest BCUT2D eigenvalue weighted by atomic mass is 19.4. The molecule has 0 spiro atoms. The molecular weight excluding hydrogens is 521 g/mol. The summed E-state index contributed by atoms with van der Waals surface area (Å²) in [5, 5.41) is 0. The third-order valence-electron chi connectivity index (χ3n) is 5.88. The molecule has 4 nitrogen and oxygen atoms in total. The zero-order chi connectivity index (χ0) is 27.9. The van der Waals surface area contributed by atoms with E-state index in [1.165, 1.54) is 6.92 Å². The molecule has 13 heteroatoms. The average molecular weight is 541 g/mol. The van der Waals surface area contributed by atoms with Crippen molar-refractivity contribution in [2.75, 3.05) is 0 Å². The number of ether oxygens (including phenoxy) is 1. The number of nitrogens with zero attached hydrogens (tertiary/aromatic N) is 1. The lowest BCUT2D eigenvalue weighted by molar-refractivity contribution is -0.143. The molecular formula is C24H20F9NO3. The molecule has 0 aromatic heterocycles. The van der Waals surface area contributed by atoms with E-state index in [9.17, 15) is 49.1 Å². The van der Waals surface area contributed by atoms with Gasteiger partial charge in [0.15, 0.2) is 5.78 Å². The Morgan fingerprint density at radius 1 is 0.865 bits per heavy atom. The standard InChI is InChI=1S/C24H20F9NO3/c1-3-4-19(35)18-6-5-15(22(25,26)27)9-14(18)11-34-12(2)20(37-21(34)36)13-7-16(23(28,29)30)10-17(8-13)24(31,32)33/h5-10,12,20H,3-4,11H2,1-2H3/t12-,20+/m1/s1. The Kier molecular flexibility index (Phi) is 7.58. The predicted octanol–water partition coefficient (Wildman–Crippen LogP) is 7.81. The van der Waals surface area contributed by atoms with E-state index >= 15 is 0 Å². The molecule has 202 valence electrons. The molecule has 0 N–H and O–H groups in total. The molecule has 0 radical (unpaired) electrons. The average Bonchev–Trinajstić information content (AvgIpc) is 3.05. The largest absolute Gasteiger partial charge is 0.439 e. The molecule has 1 heterocycles. The maximum absolute atomic E-state index is 13.3. The van der Waals surface area contributed by atoms with Crippen molar-refractivity contribution in [3.63, 3.8) is 0 Å². The summed E-state index contributed by atoms with van der Waals surface area (Å²) in [7, 11) is 0. The molecule has 2 aromatic rings. The van der Waals surface area contributed by atoms with Gasteiger partial charge in [-0.2, -0.15) is 39.5 Å². The Labute approximate surface area is 205 Å². The fourth-order valence-electron chi connectivity index (χ4n) is 4.02. The number of carbonyl (C=O) groups is 2. The van der Waals surface area contributed by atoms with Crippen LogP contribution in [0.3, 0.4) is 0 Å². The van der Waals surface area contributed by atoms with Gasteiger partial charge in [-0.05, 0) is 54.8 Å². The van der Waals surface area contributed by atoms with Gasteiger partial charge in [-0.3, -0.25) is 9.69 Å². The number of amides is 1. The lowest BCUT2D eigenvalue weighted by atomic mass is 9.95. The van der Waals surface area contributed by atoms with Gasteiger partial charge in [0.1, 0.15) is 6.10 Å². The van der Waals surface area contributed by atoms with Crippen LogP contribution in [-0.2, 0) is 29.8 Å². The number of Topliss-reactive ketones (excluding diaryl/α,β-unsaturated/α-hetero) is 1. The van der Waals surface area contributed by atoms with Crippen molar-refractivity contribution in [2.45, 2.75) is 63.9 Å². The number of halogens is 9. The van der Waals surface area contributed by atoms with Crippen LogP contribution in [0, 0.1) is 0 Å². The van der Waals surface area contributed by atoms with Crippen LogP contribution in [0.25, 0.3) is 0 Å². The number of cyclic esters (lactones) is 1. The quantitative estimate of drug-likeness (QED) is 0.277. The van der Waals surface area contributed by atoms with Crippen molar-refractivity contribution in [3.8, 4) is 0 Å². The molecule has 0 bridgehead atoms. The van der Waals surface area contributed by atoms with Crippen LogP contribution in [0.15, 0.2) is 36.4 Å². The van der Waals surface area contributed by atoms with E-state index in [0.29, 0.717) is 30.7 Å². The van der Waals surface area contributed by atoms with Gasteiger partial charge in [-0.15, -0.1) is 0 Å². The Bertz CT molecular complexity index is 1150. The van der Waals surface area contributed by atoms with Crippen molar-refractivity contribution >= 4 is 11.9 Å². The summed E-state index contributed by atoms with van der Waals surface area (Å²) in [5.41, 5.74) is -5.17. The Morgan fingerprint density at radius 3 is 1.89 bits per heavy atom. The third-order valence-corrected chi connectivity index (χ3v) is 5.88. The summed E-state index contributed by atoms with van der Waals surface area (Å²) in [6, 6.07) is 1.96. The van der Waals surface area contributed by atoms with Crippen LogP contribution >= 0.6 is 0 Å². The second kappa shape index (κ2) is 9.90. The van der Waals surface area contributed by atoms with Crippen molar-refractivity contribution in [1.29, 1.82) is 0 Å². The summed E-state index contributed by atoms with van der Waals surface area (Å²) >= 11 is 0. The lowest BCUT2D eigenvalue weighted by Crippen LogP contribution is -2.32. The maximum atomic E-state index is 13.3. The van der Waals surface area contributed by atoms with Crippen molar-refractivity contribution in [2.24, 2.45) is 0 Å². The first-order chi connectivity index (χ1) is 16.9. The number of rotatable bonds is 6. The van der Waals surface area contributed by atoms with Gasteiger partial charge in [0.25, 0.3) is 0 Å². The van der Waals surface area contributed by atoms with E-state index in [4.69, 9.17) is 4.74 Å². The predicted molar refractivity (Wildman–Crippen MR) is 111 cm³/mol.